The Morgan fingerprint density at radius 2 is 2.36 bits per heavy atom. The first-order chi connectivity index (χ1) is 5.25. The Morgan fingerprint density at radius 1 is 1.55 bits per heavy atom. The average molecular weight is 233 g/mol. The van der Waals surface area contributed by atoms with Gasteiger partial charge in [0.05, 0.1) is 16.0 Å². The van der Waals surface area contributed by atoms with Crippen LogP contribution in [0.3, 0.4) is 0 Å². The van der Waals surface area contributed by atoms with Crippen molar-refractivity contribution in [2.24, 2.45) is 0 Å². The van der Waals surface area contributed by atoms with E-state index in [0.717, 1.165) is 16.0 Å². The number of nitrogens with one attached hydrogen (secondary N) is 2. The maximum Gasteiger partial charge on any atom is 0.120 e. The first-order valence-corrected chi connectivity index (χ1v) is 4.46. The van der Waals surface area contributed by atoms with Crippen molar-refractivity contribution in [1.29, 1.82) is 0 Å². The minimum atomic E-state index is -0.0924. The van der Waals surface area contributed by atoms with E-state index in [-0.39, 0.29) is 5.50 Å². The summed E-state index contributed by atoms with van der Waals surface area (Å²) in [6.07, 6.45) is 3.86. The van der Waals surface area contributed by atoms with E-state index < -0.39 is 0 Å². The van der Waals surface area contributed by atoms with Crippen LogP contribution in [0.2, 0.25) is 0 Å². The molecule has 2 nitrogen and oxygen atoms in total. The second kappa shape index (κ2) is 2.57. The van der Waals surface area contributed by atoms with Gasteiger partial charge in [0, 0.05) is 0 Å². The molecule has 1 aromatic heterocycles. The number of H-pyrrole nitrogens is 1. The van der Waals surface area contributed by atoms with E-state index in [0.29, 0.717) is 0 Å². The number of fused-ring (bicyclic) bond motifs is 1. The molecule has 0 amide bonds. The van der Waals surface area contributed by atoms with E-state index in [1.54, 1.807) is 0 Å². The number of hydrogen-bond donors (Lipinski definition) is 2. The van der Waals surface area contributed by atoms with Crippen LogP contribution in [0.25, 0.3) is 6.08 Å². The second-order valence-corrected chi connectivity index (χ2v) is 3.67. The van der Waals surface area contributed by atoms with Crippen molar-refractivity contribution in [3.8, 4) is 0 Å². The maximum absolute atomic E-state index is 5.83. The number of hydrogen-bond acceptors (Lipinski definition) is 1. The summed E-state index contributed by atoms with van der Waals surface area (Å²) < 4.78 is 0.963. The van der Waals surface area contributed by atoms with E-state index in [1.165, 1.54) is 0 Å². The molecule has 11 heavy (non-hydrogen) atoms. The van der Waals surface area contributed by atoms with E-state index in [1.807, 2.05) is 18.2 Å². The Kier molecular flexibility index (Phi) is 1.69. The lowest BCUT2D eigenvalue weighted by molar-refractivity contribution is 1.20. The summed E-state index contributed by atoms with van der Waals surface area (Å²) in [6, 6.07) is 1.97. The number of alkyl halides is 1. The van der Waals surface area contributed by atoms with Gasteiger partial charge in [0.25, 0.3) is 0 Å². The van der Waals surface area contributed by atoms with Crippen LogP contribution in [0, 0.1) is 0 Å². The Labute approximate surface area is 77.8 Å². The van der Waals surface area contributed by atoms with Gasteiger partial charge in [0.2, 0.25) is 0 Å². The van der Waals surface area contributed by atoms with E-state index in [2.05, 4.69) is 26.2 Å². The van der Waals surface area contributed by atoms with Gasteiger partial charge in [-0.15, -0.1) is 0 Å². The molecule has 0 saturated carbocycles. The molecular weight excluding hydrogens is 227 g/mol. The molecule has 0 spiro atoms. The molecular formula is C7H6BrClN2. The lowest BCUT2D eigenvalue weighted by Crippen LogP contribution is -2.11. The largest absolute Gasteiger partial charge is 0.364 e. The molecule has 2 heterocycles. The average Bonchev–Trinajstić information content (AvgIpc) is 2.27. The predicted molar refractivity (Wildman–Crippen MR) is 50.8 cm³/mol. The summed E-state index contributed by atoms with van der Waals surface area (Å²) in [4.78, 5) is 3.13. The quantitative estimate of drug-likeness (QED) is 0.523. The fourth-order valence-corrected chi connectivity index (χ4v) is 1.70. The molecule has 0 fully saturated rings. The summed E-state index contributed by atoms with van der Waals surface area (Å²) in [5, 5.41) is 3.10. The van der Waals surface area contributed by atoms with Crippen molar-refractivity contribution in [1.82, 2.24) is 4.98 Å². The Bertz CT molecular complexity index is 305. The molecule has 1 aromatic rings. The number of aromatic nitrogens is 1. The number of aromatic amines is 1. The summed E-state index contributed by atoms with van der Waals surface area (Å²) in [5.74, 6) is 0. The van der Waals surface area contributed by atoms with E-state index in [4.69, 9.17) is 11.6 Å². The predicted octanol–water partition coefficient (Wildman–Crippen LogP) is 2.78. The summed E-state index contributed by atoms with van der Waals surface area (Å²) >= 11 is 9.17. The molecule has 0 aliphatic carbocycles. The maximum atomic E-state index is 5.83. The monoisotopic (exact) mass is 232 g/mol. The zero-order valence-corrected chi connectivity index (χ0v) is 7.91. The molecule has 2 N–H and O–H groups in total. The van der Waals surface area contributed by atoms with Crippen molar-refractivity contribution in [3.05, 3.63) is 22.4 Å². The van der Waals surface area contributed by atoms with Crippen molar-refractivity contribution in [2.45, 2.75) is 5.50 Å². The molecule has 1 unspecified atom stereocenters. The van der Waals surface area contributed by atoms with E-state index in [9.17, 15) is 0 Å². The highest BCUT2D eigenvalue weighted by atomic mass is 79.9. The van der Waals surface area contributed by atoms with Crippen LogP contribution >= 0.6 is 27.5 Å². The van der Waals surface area contributed by atoms with Crippen LogP contribution < -0.4 is 5.32 Å². The van der Waals surface area contributed by atoms with Crippen molar-refractivity contribution >= 4 is 39.3 Å². The van der Waals surface area contributed by atoms with Gasteiger partial charge in [-0.05, 0) is 34.1 Å². The van der Waals surface area contributed by atoms with Crippen LogP contribution in [0.1, 0.15) is 5.69 Å². The van der Waals surface area contributed by atoms with E-state index >= 15 is 0 Å². The third kappa shape index (κ3) is 1.30. The van der Waals surface area contributed by atoms with Gasteiger partial charge < -0.3 is 10.3 Å². The highest BCUT2D eigenvalue weighted by Gasteiger charge is 2.11. The molecule has 0 radical (unpaired) electrons. The van der Waals surface area contributed by atoms with Crippen LogP contribution in [0.4, 0.5) is 5.69 Å². The van der Waals surface area contributed by atoms with Crippen molar-refractivity contribution in [2.75, 3.05) is 5.32 Å². The standard InChI is InChI=1S/C7H6BrClN2/c8-6-3-5-4(10-6)1-2-7(9)11-5/h1-3,7,10-11H. The van der Waals surface area contributed by atoms with Gasteiger partial charge in [0.1, 0.15) is 5.50 Å². The SMILES string of the molecule is ClC1C=Cc2[nH]c(Br)cc2N1. The van der Waals surface area contributed by atoms with Gasteiger partial charge in [-0.1, -0.05) is 11.6 Å². The topological polar surface area (TPSA) is 27.8 Å². The normalized spacial score (nSPS) is 21.1. The van der Waals surface area contributed by atoms with Crippen LogP contribution in [0.5, 0.6) is 0 Å². The highest BCUT2D eigenvalue weighted by molar-refractivity contribution is 9.10. The van der Waals surface area contributed by atoms with Crippen molar-refractivity contribution in [3.63, 3.8) is 0 Å². The van der Waals surface area contributed by atoms with Gasteiger partial charge in [-0.3, -0.25) is 0 Å². The minimum Gasteiger partial charge on any atom is -0.364 e. The minimum absolute atomic E-state index is 0.0924. The molecule has 1 atom stereocenters. The fourth-order valence-electron chi connectivity index (χ4n) is 1.06. The van der Waals surface area contributed by atoms with Crippen LogP contribution in [-0.4, -0.2) is 10.5 Å². The smallest absolute Gasteiger partial charge is 0.120 e. The lowest BCUT2D eigenvalue weighted by Gasteiger charge is -2.12. The second-order valence-electron chi connectivity index (χ2n) is 2.35. The molecule has 1 aliphatic heterocycles. The lowest BCUT2D eigenvalue weighted by atomic mass is 10.2. The Morgan fingerprint density at radius 3 is 3.18 bits per heavy atom. The third-order valence-electron chi connectivity index (χ3n) is 1.54. The first-order valence-electron chi connectivity index (χ1n) is 3.23. The first kappa shape index (κ1) is 7.25. The van der Waals surface area contributed by atoms with Crippen molar-refractivity contribution < 1.29 is 0 Å². The number of anilines is 1. The third-order valence-corrected chi connectivity index (χ3v) is 2.22. The molecule has 0 aromatic carbocycles. The van der Waals surface area contributed by atoms with Gasteiger partial charge >= 0.3 is 0 Å². The van der Waals surface area contributed by atoms with Gasteiger partial charge in [-0.2, -0.15) is 0 Å². The number of rotatable bonds is 0. The molecule has 4 heteroatoms. The fraction of sp³-hybridized carbons (Fsp3) is 0.143. The molecule has 0 bridgehead atoms. The summed E-state index contributed by atoms with van der Waals surface area (Å²) in [7, 11) is 0. The molecule has 1 aliphatic rings. The zero-order chi connectivity index (χ0) is 7.84. The highest BCUT2D eigenvalue weighted by Crippen LogP contribution is 2.27. The Hall–Kier alpha value is -0.410. The summed E-state index contributed by atoms with van der Waals surface area (Å²) in [6.45, 7) is 0. The molecule has 58 valence electrons. The Balaban J connectivity index is 2.44. The van der Waals surface area contributed by atoms with Gasteiger partial charge in [-0.25, -0.2) is 0 Å². The summed E-state index contributed by atoms with van der Waals surface area (Å²) in [5.41, 5.74) is 2.01. The van der Waals surface area contributed by atoms with Crippen LogP contribution in [-0.2, 0) is 0 Å². The van der Waals surface area contributed by atoms with Gasteiger partial charge in [0.15, 0.2) is 0 Å². The van der Waals surface area contributed by atoms with Crippen LogP contribution in [0.15, 0.2) is 16.7 Å². The molecule has 2 rings (SSSR count). The zero-order valence-electron chi connectivity index (χ0n) is 5.57. The molecule has 0 saturated heterocycles. The number of halogens is 2.